The molecular formula is C15H19ClN2S. The predicted octanol–water partition coefficient (Wildman–Crippen LogP) is 4.39. The molecule has 1 atom stereocenters. The Labute approximate surface area is 123 Å². The van der Waals surface area contributed by atoms with E-state index in [0.717, 1.165) is 30.0 Å². The summed E-state index contributed by atoms with van der Waals surface area (Å²) in [7, 11) is 0. The number of nitrogens with zero attached hydrogens (tertiary/aromatic N) is 1. The van der Waals surface area contributed by atoms with Gasteiger partial charge in [-0.3, -0.25) is 4.98 Å². The van der Waals surface area contributed by atoms with E-state index in [1.807, 2.05) is 17.4 Å². The van der Waals surface area contributed by atoms with Crippen LogP contribution >= 0.6 is 22.9 Å². The van der Waals surface area contributed by atoms with Gasteiger partial charge in [-0.1, -0.05) is 18.5 Å². The smallest absolute Gasteiger partial charge is 0.0622 e. The highest BCUT2D eigenvalue weighted by atomic mass is 35.5. The SMILES string of the molecule is CCCNC(Cc1ccncc1Cl)c1ccc(C)s1. The normalized spacial score (nSPS) is 12.6. The van der Waals surface area contributed by atoms with Crippen molar-refractivity contribution in [1.82, 2.24) is 10.3 Å². The highest BCUT2D eigenvalue weighted by Crippen LogP contribution is 2.27. The third-order valence-electron chi connectivity index (χ3n) is 3.03. The number of hydrogen-bond donors (Lipinski definition) is 1. The average Bonchev–Trinajstić information content (AvgIpc) is 2.83. The van der Waals surface area contributed by atoms with Crippen molar-refractivity contribution in [2.24, 2.45) is 0 Å². The van der Waals surface area contributed by atoms with Crippen molar-refractivity contribution in [1.29, 1.82) is 0 Å². The van der Waals surface area contributed by atoms with Gasteiger partial charge in [0.05, 0.1) is 5.02 Å². The molecule has 102 valence electrons. The molecule has 0 bridgehead atoms. The molecule has 4 heteroatoms. The van der Waals surface area contributed by atoms with E-state index in [4.69, 9.17) is 11.6 Å². The highest BCUT2D eigenvalue weighted by molar-refractivity contribution is 7.12. The minimum absolute atomic E-state index is 0.332. The fourth-order valence-corrected chi connectivity index (χ4v) is 3.17. The molecular weight excluding hydrogens is 276 g/mol. The number of nitrogens with one attached hydrogen (secondary N) is 1. The quantitative estimate of drug-likeness (QED) is 0.855. The van der Waals surface area contributed by atoms with Crippen LogP contribution in [0.5, 0.6) is 0 Å². The molecule has 1 N–H and O–H groups in total. The van der Waals surface area contributed by atoms with Crippen molar-refractivity contribution in [3.8, 4) is 0 Å². The topological polar surface area (TPSA) is 24.9 Å². The molecule has 19 heavy (non-hydrogen) atoms. The Balaban J connectivity index is 2.16. The molecule has 2 aromatic heterocycles. The second-order valence-electron chi connectivity index (χ2n) is 4.63. The van der Waals surface area contributed by atoms with E-state index in [9.17, 15) is 0 Å². The fraction of sp³-hybridized carbons (Fsp3) is 0.400. The van der Waals surface area contributed by atoms with Crippen LogP contribution in [0, 0.1) is 6.92 Å². The molecule has 2 heterocycles. The van der Waals surface area contributed by atoms with Gasteiger partial charge in [-0.25, -0.2) is 0 Å². The van der Waals surface area contributed by atoms with Crippen LogP contribution in [0.25, 0.3) is 0 Å². The molecule has 0 fully saturated rings. The first-order valence-electron chi connectivity index (χ1n) is 6.58. The molecule has 0 radical (unpaired) electrons. The van der Waals surface area contributed by atoms with Gasteiger partial charge < -0.3 is 5.32 Å². The summed E-state index contributed by atoms with van der Waals surface area (Å²) in [6.07, 6.45) is 5.55. The molecule has 2 aromatic rings. The van der Waals surface area contributed by atoms with Crippen LogP contribution in [-0.4, -0.2) is 11.5 Å². The summed E-state index contributed by atoms with van der Waals surface area (Å²) in [5.41, 5.74) is 1.15. The second-order valence-corrected chi connectivity index (χ2v) is 6.35. The van der Waals surface area contributed by atoms with E-state index in [0.29, 0.717) is 6.04 Å². The van der Waals surface area contributed by atoms with Crippen molar-refractivity contribution in [2.45, 2.75) is 32.7 Å². The Bertz CT molecular complexity index is 524. The summed E-state index contributed by atoms with van der Waals surface area (Å²) in [5.74, 6) is 0. The zero-order valence-corrected chi connectivity index (χ0v) is 12.9. The lowest BCUT2D eigenvalue weighted by Gasteiger charge is -2.17. The van der Waals surface area contributed by atoms with Crippen molar-refractivity contribution < 1.29 is 0 Å². The van der Waals surface area contributed by atoms with Crippen LogP contribution in [0.3, 0.4) is 0 Å². The Morgan fingerprint density at radius 2 is 2.21 bits per heavy atom. The van der Waals surface area contributed by atoms with Crippen molar-refractivity contribution in [3.05, 3.63) is 50.9 Å². The van der Waals surface area contributed by atoms with Crippen molar-refractivity contribution >= 4 is 22.9 Å². The van der Waals surface area contributed by atoms with Crippen molar-refractivity contribution in [2.75, 3.05) is 6.54 Å². The molecule has 1 unspecified atom stereocenters. The Morgan fingerprint density at radius 1 is 1.37 bits per heavy atom. The summed E-state index contributed by atoms with van der Waals surface area (Å²) < 4.78 is 0. The van der Waals surface area contributed by atoms with Gasteiger partial charge in [-0.2, -0.15) is 0 Å². The summed E-state index contributed by atoms with van der Waals surface area (Å²) in [5, 5.41) is 4.36. The van der Waals surface area contributed by atoms with Gasteiger partial charge in [0.25, 0.3) is 0 Å². The maximum atomic E-state index is 6.21. The number of thiophene rings is 1. The van der Waals surface area contributed by atoms with Crippen LogP contribution in [0.2, 0.25) is 5.02 Å². The first-order valence-corrected chi connectivity index (χ1v) is 7.78. The molecule has 0 aliphatic carbocycles. The lowest BCUT2D eigenvalue weighted by atomic mass is 10.1. The summed E-state index contributed by atoms with van der Waals surface area (Å²) >= 11 is 8.06. The van der Waals surface area contributed by atoms with Gasteiger partial charge in [0.15, 0.2) is 0 Å². The predicted molar refractivity (Wildman–Crippen MR) is 83.0 cm³/mol. The van der Waals surface area contributed by atoms with Gasteiger partial charge in [0, 0.05) is 28.2 Å². The summed E-state index contributed by atoms with van der Waals surface area (Å²) in [6.45, 7) is 5.35. The number of hydrogen-bond acceptors (Lipinski definition) is 3. The van der Waals surface area contributed by atoms with E-state index >= 15 is 0 Å². The molecule has 2 rings (SSSR count). The number of halogens is 1. The number of pyridine rings is 1. The van der Waals surface area contributed by atoms with E-state index in [1.165, 1.54) is 9.75 Å². The molecule has 0 spiro atoms. The Kier molecular flexibility index (Phi) is 5.37. The van der Waals surface area contributed by atoms with Gasteiger partial charge in [0.2, 0.25) is 0 Å². The molecule has 0 aliphatic rings. The monoisotopic (exact) mass is 294 g/mol. The van der Waals surface area contributed by atoms with Crippen LogP contribution in [0.1, 0.15) is 34.7 Å². The molecule has 0 aromatic carbocycles. The molecule has 0 amide bonds. The average molecular weight is 295 g/mol. The first-order chi connectivity index (χ1) is 9.20. The van der Waals surface area contributed by atoms with E-state index in [1.54, 1.807) is 12.4 Å². The first kappa shape index (κ1) is 14.5. The Morgan fingerprint density at radius 3 is 2.84 bits per heavy atom. The minimum Gasteiger partial charge on any atom is -0.309 e. The number of aryl methyl sites for hydroxylation is 1. The molecule has 0 saturated carbocycles. The maximum Gasteiger partial charge on any atom is 0.0622 e. The lowest BCUT2D eigenvalue weighted by molar-refractivity contribution is 0.536. The van der Waals surface area contributed by atoms with E-state index in [-0.39, 0.29) is 0 Å². The van der Waals surface area contributed by atoms with Crippen molar-refractivity contribution in [3.63, 3.8) is 0 Å². The minimum atomic E-state index is 0.332. The third-order valence-corrected chi connectivity index (χ3v) is 4.48. The molecule has 0 aliphatic heterocycles. The third kappa shape index (κ3) is 4.03. The van der Waals surface area contributed by atoms with Gasteiger partial charge >= 0.3 is 0 Å². The number of aromatic nitrogens is 1. The van der Waals surface area contributed by atoms with Crippen LogP contribution in [0.15, 0.2) is 30.6 Å². The van der Waals surface area contributed by atoms with Gasteiger partial charge in [-0.15, -0.1) is 11.3 Å². The second kappa shape index (κ2) is 7.04. The highest BCUT2D eigenvalue weighted by Gasteiger charge is 2.15. The fourth-order valence-electron chi connectivity index (χ4n) is 2.02. The van der Waals surface area contributed by atoms with E-state index < -0.39 is 0 Å². The lowest BCUT2D eigenvalue weighted by Crippen LogP contribution is -2.23. The maximum absolute atomic E-state index is 6.21. The van der Waals surface area contributed by atoms with Crippen LogP contribution in [0.4, 0.5) is 0 Å². The van der Waals surface area contributed by atoms with Gasteiger partial charge in [-0.05, 0) is 50.1 Å². The van der Waals surface area contributed by atoms with Gasteiger partial charge in [0.1, 0.15) is 0 Å². The van der Waals surface area contributed by atoms with E-state index in [2.05, 4.69) is 36.3 Å². The standard InChI is InChI=1S/C15H19ClN2S/c1-3-7-18-14(15-5-4-11(2)19-15)9-12-6-8-17-10-13(12)16/h4-6,8,10,14,18H,3,7,9H2,1-2H3. The zero-order chi connectivity index (χ0) is 13.7. The molecule has 0 saturated heterocycles. The largest absolute Gasteiger partial charge is 0.309 e. The van der Waals surface area contributed by atoms with Crippen LogP contribution < -0.4 is 5.32 Å². The Hall–Kier alpha value is -0.900. The summed E-state index contributed by atoms with van der Waals surface area (Å²) in [6, 6.07) is 6.72. The molecule has 2 nitrogen and oxygen atoms in total. The number of rotatable bonds is 6. The van der Waals surface area contributed by atoms with Crippen LogP contribution in [-0.2, 0) is 6.42 Å². The summed E-state index contributed by atoms with van der Waals surface area (Å²) in [4.78, 5) is 6.76. The zero-order valence-electron chi connectivity index (χ0n) is 11.3.